The van der Waals surface area contributed by atoms with E-state index in [1.807, 2.05) is 0 Å². The van der Waals surface area contributed by atoms with Crippen molar-refractivity contribution in [2.75, 3.05) is 6.61 Å². The Morgan fingerprint density at radius 1 is 1.77 bits per heavy atom. The van der Waals surface area contributed by atoms with Gasteiger partial charge in [0.15, 0.2) is 0 Å². The summed E-state index contributed by atoms with van der Waals surface area (Å²) < 4.78 is 5.40. The summed E-state index contributed by atoms with van der Waals surface area (Å²) in [6.07, 6.45) is 3.11. The molecule has 13 heavy (non-hydrogen) atoms. The van der Waals surface area contributed by atoms with Gasteiger partial charge in [-0.2, -0.15) is 0 Å². The van der Waals surface area contributed by atoms with E-state index in [4.69, 9.17) is 17.0 Å². The second kappa shape index (κ2) is 4.57. The third-order valence-corrected chi connectivity index (χ3v) is 1.58. The van der Waals surface area contributed by atoms with Gasteiger partial charge in [-0.05, 0) is 12.1 Å². The van der Waals surface area contributed by atoms with Gasteiger partial charge in [0.05, 0.1) is 0 Å². The van der Waals surface area contributed by atoms with Gasteiger partial charge in [0.1, 0.15) is 12.3 Å². The first kappa shape index (κ1) is 9.67. The molecule has 1 heterocycles. The van der Waals surface area contributed by atoms with E-state index in [-0.39, 0.29) is 6.61 Å². The van der Waals surface area contributed by atoms with Crippen molar-refractivity contribution in [2.45, 2.75) is 0 Å². The Hall–Kier alpha value is -1.42. The summed E-state index contributed by atoms with van der Waals surface area (Å²) in [6, 6.07) is 3.25. The smallest absolute Gasteiger partial charge is 0.355 e. The van der Waals surface area contributed by atoms with Gasteiger partial charge < -0.3 is 9.72 Å². The zero-order valence-corrected chi connectivity index (χ0v) is 7.76. The number of hydrogen-bond donors (Lipinski definition) is 1. The van der Waals surface area contributed by atoms with E-state index in [9.17, 15) is 4.79 Å². The van der Waals surface area contributed by atoms with Crippen molar-refractivity contribution < 1.29 is 9.53 Å². The molecule has 1 aromatic heterocycles. The van der Waals surface area contributed by atoms with Crippen LogP contribution in [0.2, 0.25) is 0 Å². The van der Waals surface area contributed by atoms with Gasteiger partial charge in [-0.1, -0.05) is 24.9 Å². The maximum Gasteiger partial charge on any atom is 0.355 e. The lowest BCUT2D eigenvalue weighted by Crippen LogP contribution is -2.06. The molecule has 0 fully saturated rings. The highest BCUT2D eigenvalue weighted by Crippen LogP contribution is 1.98. The topological polar surface area (TPSA) is 42.1 Å². The lowest BCUT2D eigenvalue weighted by atomic mass is 10.3. The van der Waals surface area contributed by atoms with E-state index in [2.05, 4.69) is 11.6 Å². The molecular formula is C9H9NO2S. The van der Waals surface area contributed by atoms with Crippen molar-refractivity contribution in [3.8, 4) is 0 Å². The fourth-order valence-electron chi connectivity index (χ4n) is 0.776. The molecule has 1 N–H and O–H groups in total. The molecule has 0 aromatic carbocycles. The maximum atomic E-state index is 11.2. The van der Waals surface area contributed by atoms with Gasteiger partial charge in [-0.15, -0.1) is 0 Å². The molecule has 0 aliphatic carbocycles. The van der Waals surface area contributed by atoms with E-state index in [0.717, 1.165) is 0 Å². The van der Waals surface area contributed by atoms with Gasteiger partial charge >= 0.3 is 5.97 Å². The second-order valence-corrected chi connectivity index (χ2v) is 2.80. The van der Waals surface area contributed by atoms with Crippen molar-refractivity contribution in [1.29, 1.82) is 0 Å². The molecule has 1 aromatic rings. The molecule has 0 radical (unpaired) electrons. The highest BCUT2D eigenvalue weighted by atomic mass is 32.1. The SMILES string of the molecule is C=CCOC(=O)c1cc(=S)cc[nH]1. The van der Waals surface area contributed by atoms with Gasteiger partial charge in [-0.3, -0.25) is 0 Å². The number of aromatic nitrogens is 1. The number of ether oxygens (including phenoxy) is 1. The fraction of sp³-hybridized carbons (Fsp3) is 0.111. The van der Waals surface area contributed by atoms with Crippen LogP contribution in [-0.4, -0.2) is 17.6 Å². The van der Waals surface area contributed by atoms with Crippen LogP contribution in [0.4, 0.5) is 0 Å². The lowest BCUT2D eigenvalue weighted by Gasteiger charge is -2.00. The Labute approximate surface area is 81.1 Å². The first-order valence-corrected chi connectivity index (χ1v) is 4.11. The number of aromatic amines is 1. The second-order valence-electron chi connectivity index (χ2n) is 2.33. The van der Waals surface area contributed by atoms with Crippen LogP contribution in [0.5, 0.6) is 0 Å². The molecule has 0 amide bonds. The van der Waals surface area contributed by atoms with Crippen LogP contribution in [0.1, 0.15) is 10.5 Å². The lowest BCUT2D eigenvalue weighted by molar-refractivity contribution is 0.0543. The first-order chi connectivity index (χ1) is 6.24. The molecular weight excluding hydrogens is 186 g/mol. The van der Waals surface area contributed by atoms with Crippen molar-refractivity contribution in [3.05, 3.63) is 41.2 Å². The van der Waals surface area contributed by atoms with Gasteiger partial charge in [-0.25, -0.2) is 4.79 Å². The minimum atomic E-state index is -0.424. The van der Waals surface area contributed by atoms with Crippen LogP contribution in [0, 0.1) is 4.51 Å². The van der Waals surface area contributed by atoms with Gasteiger partial charge in [0, 0.05) is 10.7 Å². The van der Waals surface area contributed by atoms with Gasteiger partial charge in [0.2, 0.25) is 0 Å². The van der Waals surface area contributed by atoms with Crippen molar-refractivity contribution in [2.24, 2.45) is 0 Å². The number of nitrogens with one attached hydrogen (secondary N) is 1. The van der Waals surface area contributed by atoms with Crippen LogP contribution >= 0.6 is 12.2 Å². The molecule has 0 aliphatic heterocycles. The van der Waals surface area contributed by atoms with E-state index in [1.54, 1.807) is 18.3 Å². The average molecular weight is 195 g/mol. The number of carbonyl (C=O) groups is 1. The van der Waals surface area contributed by atoms with Crippen LogP contribution in [0.3, 0.4) is 0 Å². The predicted octanol–water partition coefficient (Wildman–Crippen LogP) is 2.09. The number of rotatable bonds is 3. The molecule has 1 rings (SSSR count). The molecule has 4 heteroatoms. The van der Waals surface area contributed by atoms with Crippen molar-refractivity contribution in [1.82, 2.24) is 4.98 Å². The van der Waals surface area contributed by atoms with Crippen LogP contribution in [0.15, 0.2) is 31.0 Å². The summed E-state index contributed by atoms with van der Waals surface area (Å²) in [7, 11) is 0. The Balaban J connectivity index is 2.77. The normalized spacial score (nSPS) is 9.23. The quantitative estimate of drug-likeness (QED) is 0.456. The maximum absolute atomic E-state index is 11.2. The minimum Gasteiger partial charge on any atom is -0.457 e. The first-order valence-electron chi connectivity index (χ1n) is 3.71. The monoisotopic (exact) mass is 195 g/mol. The number of pyridine rings is 1. The minimum absolute atomic E-state index is 0.203. The van der Waals surface area contributed by atoms with Crippen molar-refractivity contribution >= 4 is 18.2 Å². The summed E-state index contributed by atoms with van der Waals surface area (Å²) in [5.74, 6) is -0.424. The number of carbonyl (C=O) groups excluding carboxylic acids is 1. The molecule has 0 saturated heterocycles. The largest absolute Gasteiger partial charge is 0.457 e. The Morgan fingerprint density at radius 2 is 2.54 bits per heavy atom. The van der Waals surface area contributed by atoms with E-state index in [0.29, 0.717) is 10.2 Å². The standard InChI is InChI=1S/C9H9NO2S/c1-2-5-12-9(11)8-6-7(13)3-4-10-8/h2-4,6H,1,5H2,(H,10,13). The number of esters is 1. The summed E-state index contributed by atoms with van der Waals surface area (Å²) in [4.78, 5) is 14.0. The molecule has 0 aliphatic rings. The summed E-state index contributed by atoms with van der Waals surface area (Å²) in [5.41, 5.74) is 0.356. The molecule has 0 unspecified atom stereocenters. The zero-order valence-electron chi connectivity index (χ0n) is 6.95. The molecule has 0 bridgehead atoms. The Morgan fingerprint density at radius 3 is 3.15 bits per heavy atom. The molecule has 0 atom stereocenters. The molecule has 0 saturated carbocycles. The third-order valence-electron chi connectivity index (χ3n) is 1.33. The highest BCUT2D eigenvalue weighted by Gasteiger charge is 2.04. The highest BCUT2D eigenvalue weighted by molar-refractivity contribution is 7.71. The summed E-state index contributed by atoms with van der Waals surface area (Å²) >= 11 is 4.88. The number of hydrogen-bond acceptors (Lipinski definition) is 3. The fourth-order valence-corrected chi connectivity index (χ4v) is 0.962. The van der Waals surface area contributed by atoms with E-state index < -0.39 is 5.97 Å². The van der Waals surface area contributed by atoms with Gasteiger partial charge in [0.25, 0.3) is 0 Å². The average Bonchev–Trinajstić information content (AvgIpc) is 2.14. The van der Waals surface area contributed by atoms with E-state index >= 15 is 0 Å². The Kier molecular flexibility index (Phi) is 3.40. The van der Waals surface area contributed by atoms with Crippen molar-refractivity contribution in [3.63, 3.8) is 0 Å². The molecule has 68 valence electrons. The van der Waals surface area contributed by atoms with Crippen LogP contribution < -0.4 is 0 Å². The molecule has 0 spiro atoms. The van der Waals surface area contributed by atoms with E-state index in [1.165, 1.54) is 6.08 Å². The summed E-state index contributed by atoms with van der Waals surface area (Å²) in [5, 5.41) is 0. The molecule has 3 nitrogen and oxygen atoms in total. The Bertz CT molecular complexity index is 370. The zero-order chi connectivity index (χ0) is 9.68. The predicted molar refractivity (Wildman–Crippen MR) is 52.1 cm³/mol. The van der Waals surface area contributed by atoms with Crippen LogP contribution in [-0.2, 0) is 4.74 Å². The van der Waals surface area contributed by atoms with Crippen LogP contribution in [0.25, 0.3) is 0 Å². The number of H-pyrrole nitrogens is 1. The third kappa shape index (κ3) is 2.83. The summed E-state index contributed by atoms with van der Waals surface area (Å²) in [6.45, 7) is 3.64.